The van der Waals surface area contributed by atoms with Gasteiger partial charge in [-0.05, 0) is 111 Å². The first-order valence-electron chi connectivity index (χ1n) is 19.6. The van der Waals surface area contributed by atoms with Gasteiger partial charge in [-0.15, -0.1) is 0 Å². The van der Waals surface area contributed by atoms with Gasteiger partial charge in [-0.25, -0.2) is 0 Å². The Labute approximate surface area is 335 Å². The van der Waals surface area contributed by atoms with Gasteiger partial charge in [0, 0.05) is 34.1 Å². The van der Waals surface area contributed by atoms with E-state index in [4.69, 9.17) is 0 Å². The van der Waals surface area contributed by atoms with Crippen molar-refractivity contribution < 1.29 is 0 Å². The molecule has 270 valence electrons. The van der Waals surface area contributed by atoms with Crippen LogP contribution in [0.4, 0.5) is 34.1 Å². The largest absolute Gasteiger partial charge is 0.310 e. The van der Waals surface area contributed by atoms with Gasteiger partial charge in [0.2, 0.25) is 0 Å². The number of nitrogens with zero attached hydrogens (tertiary/aromatic N) is 2. The Kier molecular flexibility index (Phi) is 8.78. The summed E-state index contributed by atoms with van der Waals surface area (Å²) in [7, 11) is 0. The molecule has 9 aromatic carbocycles. The number of anilines is 6. The highest BCUT2D eigenvalue weighted by molar-refractivity contribution is 5.92. The second kappa shape index (κ2) is 14.7. The lowest BCUT2D eigenvalue weighted by Gasteiger charge is -2.34. The fourth-order valence-electron chi connectivity index (χ4n) is 8.85. The number of rotatable bonds is 9. The molecule has 10 rings (SSSR count). The van der Waals surface area contributed by atoms with E-state index in [1.54, 1.807) is 0 Å². The van der Waals surface area contributed by atoms with Crippen molar-refractivity contribution in [3.8, 4) is 22.3 Å². The predicted molar refractivity (Wildman–Crippen MR) is 239 cm³/mol. The van der Waals surface area contributed by atoms with Crippen molar-refractivity contribution in [2.75, 3.05) is 9.80 Å². The van der Waals surface area contributed by atoms with Crippen molar-refractivity contribution in [2.24, 2.45) is 0 Å². The first-order valence-corrected chi connectivity index (χ1v) is 19.6. The Hall–Kier alpha value is -7.42. The normalized spacial score (nSPS) is 12.4. The maximum absolute atomic E-state index is 2.41. The molecule has 57 heavy (non-hydrogen) atoms. The summed E-state index contributed by atoms with van der Waals surface area (Å²) in [4.78, 5) is 4.77. The number of hydrogen-bond donors (Lipinski definition) is 0. The zero-order valence-corrected chi connectivity index (χ0v) is 31.5. The minimum absolute atomic E-state index is 0.461. The third-order valence-corrected chi connectivity index (χ3v) is 11.3. The van der Waals surface area contributed by atoms with Crippen molar-refractivity contribution in [3.63, 3.8) is 0 Å². The second-order valence-corrected chi connectivity index (χ2v) is 14.5. The van der Waals surface area contributed by atoms with Gasteiger partial charge in [0.25, 0.3) is 0 Å². The molecule has 0 bridgehead atoms. The van der Waals surface area contributed by atoms with Crippen LogP contribution in [-0.2, 0) is 5.41 Å². The van der Waals surface area contributed by atoms with Gasteiger partial charge in [-0.3, -0.25) is 0 Å². The summed E-state index contributed by atoms with van der Waals surface area (Å²) in [5.74, 6) is 0. The van der Waals surface area contributed by atoms with Crippen molar-refractivity contribution in [1.82, 2.24) is 0 Å². The molecule has 2 nitrogen and oxygen atoms in total. The molecule has 0 atom stereocenters. The second-order valence-electron chi connectivity index (χ2n) is 14.5. The lowest BCUT2D eigenvalue weighted by atomic mass is 9.68. The van der Waals surface area contributed by atoms with Gasteiger partial charge in [0.1, 0.15) is 0 Å². The Balaban J connectivity index is 1.23. The van der Waals surface area contributed by atoms with E-state index in [1.165, 1.54) is 33.4 Å². The molecule has 0 saturated carbocycles. The molecule has 0 unspecified atom stereocenters. The smallest absolute Gasteiger partial charge is 0.0713 e. The average Bonchev–Trinajstić information content (AvgIpc) is 3.59. The molecule has 0 aromatic heterocycles. The summed E-state index contributed by atoms with van der Waals surface area (Å²) in [6.07, 6.45) is 0. The molecule has 1 aliphatic rings. The van der Waals surface area contributed by atoms with Crippen molar-refractivity contribution in [1.29, 1.82) is 0 Å². The van der Waals surface area contributed by atoms with Crippen LogP contribution in [0.1, 0.15) is 22.3 Å². The zero-order valence-electron chi connectivity index (χ0n) is 31.5. The highest BCUT2D eigenvalue weighted by atomic mass is 15.2. The van der Waals surface area contributed by atoms with Gasteiger partial charge in [0.15, 0.2) is 0 Å². The van der Waals surface area contributed by atoms with Crippen LogP contribution >= 0.6 is 0 Å². The molecule has 0 saturated heterocycles. The highest BCUT2D eigenvalue weighted by Crippen LogP contribution is 2.57. The van der Waals surface area contributed by atoms with Gasteiger partial charge in [-0.1, -0.05) is 176 Å². The van der Waals surface area contributed by atoms with Gasteiger partial charge >= 0.3 is 0 Å². The summed E-state index contributed by atoms with van der Waals surface area (Å²) in [6.45, 7) is 0. The SMILES string of the molecule is c1ccc(-c2cc(N(c3ccccc3)c3ccccc3)cc(N(c3ccccc3)c3ccc4c(c3)-c3ccccc3C4(c3ccccc3)c3ccccc3)c2)cc1. The lowest BCUT2D eigenvalue weighted by Crippen LogP contribution is -2.28. The lowest BCUT2D eigenvalue weighted by molar-refractivity contribution is 0.768. The zero-order chi connectivity index (χ0) is 38.0. The Morgan fingerprint density at radius 1 is 0.246 bits per heavy atom. The van der Waals surface area contributed by atoms with Gasteiger partial charge < -0.3 is 9.80 Å². The molecule has 0 spiro atoms. The minimum Gasteiger partial charge on any atom is -0.310 e. The Morgan fingerprint density at radius 3 is 1.16 bits per heavy atom. The molecule has 0 N–H and O–H groups in total. The van der Waals surface area contributed by atoms with Crippen LogP contribution in [0.25, 0.3) is 22.3 Å². The number of hydrogen-bond acceptors (Lipinski definition) is 2. The third kappa shape index (κ3) is 6.00. The number of benzene rings is 9. The molecule has 0 fully saturated rings. The van der Waals surface area contributed by atoms with E-state index in [0.29, 0.717) is 0 Å². The van der Waals surface area contributed by atoms with E-state index in [9.17, 15) is 0 Å². The van der Waals surface area contributed by atoms with Crippen LogP contribution in [0.5, 0.6) is 0 Å². The van der Waals surface area contributed by atoms with Gasteiger partial charge in [0.05, 0.1) is 5.41 Å². The average molecular weight is 729 g/mol. The minimum atomic E-state index is -0.461. The predicted octanol–water partition coefficient (Wildman–Crippen LogP) is 14.7. The molecule has 9 aromatic rings. The fourth-order valence-corrected chi connectivity index (χ4v) is 8.85. The fraction of sp³-hybridized carbons (Fsp3) is 0.0182. The first kappa shape index (κ1) is 34.1. The molecule has 1 aliphatic carbocycles. The summed E-state index contributed by atoms with van der Waals surface area (Å²) in [5, 5.41) is 0. The maximum atomic E-state index is 2.41. The first-order chi connectivity index (χ1) is 28.3. The molecule has 0 radical (unpaired) electrons. The molecular formula is C55H40N2. The summed E-state index contributed by atoms with van der Waals surface area (Å²) >= 11 is 0. The molecule has 0 amide bonds. The quantitative estimate of drug-likeness (QED) is 0.146. The summed E-state index contributed by atoms with van der Waals surface area (Å²) < 4.78 is 0. The van der Waals surface area contributed by atoms with E-state index in [1.807, 2.05) is 0 Å². The summed E-state index contributed by atoms with van der Waals surface area (Å²) in [5.41, 5.74) is 16.0. The van der Waals surface area contributed by atoms with E-state index in [-0.39, 0.29) is 0 Å². The number of para-hydroxylation sites is 3. The van der Waals surface area contributed by atoms with Gasteiger partial charge in [-0.2, -0.15) is 0 Å². The molecule has 0 aliphatic heterocycles. The molecular weight excluding hydrogens is 689 g/mol. The number of fused-ring (bicyclic) bond motifs is 3. The van der Waals surface area contributed by atoms with Crippen LogP contribution < -0.4 is 9.80 Å². The highest BCUT2D eigenvalue weighted by Gasteiger charge is 2.46. The monoisotopic (exact) mass is 728 g/mol. The van der Waals surface area contributed by atoms with Crippen LogP contribution in [0.15, 0.2) is 243 Å². The van der Waals surface area contributed by atoms with Crippen molar-refractivity contribution >= 4 is 34.1 Å². The topological polar surface area (TPSA) is 6.48 Å². The van der Waals surface area contributed by atoms with Crippen molar-refractivity contribution in [2.45, 2.75) is 5.41 Å². The van der Waals surface area contributed by atoms with E-state index in [0.717, 1.165) is 45.3 Å². The maximum Gasteiger partial charge on any atom is 0.0713 e. The van der Waals surface area contributed by atoms with Crippen LogP contribution in [0.2, 0.25) is 0 Å². The Bertz CT molecular complexity index is 2690. The van der Waals surface area contributed by atoms with Crippen molar-refractivity contribution in [3.05, 3.63) is 265 Å². The van der Waals surface area contributed by atoms with Crippen LogP contribution in [0.3, 0.4) is 0 Å². The standard InChI is InChI=1S/C55H40N2/c1-7-21-41(22-8-1)42-37-49(56(45-27-13-4-14-28-45)46-29-15-5-16-30-46)39-50(38-42)57(47-31-17-6-18-32-47)48-35-36-54-52(40-48)51-33-19-20-34-53(51)55(54,43-23-9-2-10-24-43)44-25-11-3-12-26-44/h1-40H. The summed E-state index contributed by atoms with van der Waals surface area (Å²) in [6, 6.07) is 87.9. The van der Waals surface area contributed by atoms with E-state index in [2.05, 4.69) is 252 Å². The molecule has 2 heteroatoms. The van der Waals surface area contributed by atoms with Crippen LogP contribution in [-0.4, -0.2) is 0 Å². The van der Waals surface area contributed by atoms with E-state index < -0.39 is 5.41 Å². The Morgan fingerprint density at radius 2 is 0.649 bits per heavy atom. The molecule has 0 heterocycles. The third-order valence-electron chi connectivity index (χ3n) is 11.3. The van der Waals surface area contributed by atoms with E-state index >= 15 is 0 Å². The van der Waals surface area contributed by atoms with Crippen LogP contribution in [0, 0.1) is 0 Å².